The van der Waals surface area contributed by atoms with Gasteiger partial charge in [-0.1, -0.05) is 18.2 Å². The standard InChI is InChI=1S/C19H17N3/c1-2-14-11-20-8-7-15-18(14)17(3-1)22-19(15)13-4-5-16-12(10-13)6-9-21-16/h1-6,9-10,20-22H,7-8,11H2. The zero-order valence-corrected chi connectivity index (χ0v) is 12.2. The molecule has 3 heterocycles. The molecule has 0 bridgehead atoms. The maximum absolute atomic E-state index is 3.66. The van der Waals surface area contributed by atoms with E-state index in [1.165, 1.54) is 44.2 Å². The molecule has 0 unspecified atom stereocenters. The first-order valence-electron chi connectivity index (χ1n) is 7.81. The van der Waals surface area contributed by atoms with Crippen molar-refractivity contribution in [1.29, 1.82) is 0 Å². The number of hydrogen-bond donors (Lipinski definition) is 3. The smallest absolute Gasteiger partial charge is 0.0498 e. The molecule has 4 aromatic rings. The minimum absolute atomic E-state index is 0.957. The molecular formula is C19H17N3. The topological polar surface area (TPSA) is 43.6 Å². The van der Waals surface area contributed by atoms with Crippen molar-refractivity contribution in [2.24, 2.45) is 0 Å². The Labute approximate surface area is 128 Å². The molecule has 0 amide bonds. The van der Waals surface area contributed by atoms with E-state index in [4.69, 9.17) is 0 Å². The molecule has 0 saturated carbocycles. The summed E-state index contributed by atoms with van der Waals surface area (Å²) in [5.41, 5.74) is 7.83. The van der Waals surface area contributed by atoms with Crippen molar-refractivity contribution >= 4 is 21.8 Å². The van der Waals surface area contributed by atoms with Crippen LogP contribution in [0.15, 0.2) is 48.7 Å². The van der Waals surface area contributed by atoms with Crippen molar-refractivity contribution in [3.63, 3.8) is 0 Å². The molecule has 3 nitrogen and oxygen atoms in total. The van der Waals surface area contributed by atoms with E-state index >= 15 is 0 Å². The summed E-state index contributed by atoms with van der Waals surface area (Å²) in [6.45, 7) is 1.99. The van der Waals surface area contributed by atoms with E-state index in [9.17, 15) is 0 Å². The molecule has 3 heteroatoms. The third-order valence-electron chi connectivity index (χ3n) is 4.72. The van der Waals surface area contributed by atoms with Gasteiger partial charge in [-0.2, -0.15) is 0 Å². The monoisotopic (exact) mass is 287 g/mol. The lowest BCUT2D eigenvalue weighted by molar-refractivity contribution is 0.702. The van der Waals surface area contributed by atoms with Crippen molar-refractivity contribution in [2.75, 3.05) is 6.54 Å². The third-order valence-corrected chi connectivity index (χ3v) is 4.72. The average Bonchev–Trinajstić information content (AvgIpc) is 3.08. The highest BCUT2D eigenvalue weighted by atomic mass is 14.9. The molecule has 2 aromatic carbocycles. The molecule has 0 fully saturated rings. The van der Waals surface area contributed by atoms with Gasteiger partial charge in [0, 0.05) is 40.2 Å². The zero-order chi connectivity index (χ0) is 14.5. The Balaban J connectivity index is 1.81. The van der Waals surface area contributed by atoms with E-state index in [0.717, 1.165) is 19.5 Å². The van der Waals surface area contributed by atoms with Crippen LogP contribution < -0.4 is 5.32 Å². The minimum Gasteiger partial charge on any atom is -0.361 e. The molecule has 5 rings (SSSR count). The van der Waals surface area contributed by atoms with E-state index < -0.39 is 0 Å². The summed E-state index contributed by atoms with van der Waals surface area (Å²) in [6.07, 6.45) is 3.06. The average molecular weight is 287 g/mol. The zero-order valence-electron chi connectivity index (χ0n) is 12.2. The molecule has 0 radical (unpaired) electrons. The molecule has 22 heavy (non-hydrogen) atoms. The van der Waals surface area contributed by atoms with Gasteiger partial charge >= 0.3 is 0 Å². The molecule has 108 valence electrons. The molecule has 0 saturated heterocycles. The number of rotatable bonds is 1. The van der Waals surface area contributed by atoms with Gasteiger partial charge in [-0.3, -0.25) is 0 Å². The first kappa shape index (κ1) is 12.1. The number of aromatic amines is 2. The Hall–Kier alpha value is -2.52. The van der Waals surface area contributed by atoms with Gasteiger partial charge in [0.2, 0.25) is 0 Å². The van der Waals surface area contributed by atoms with Crippen LogP contribution in [0.2, 0.25) is 0 Å². The van der Waals surface area contributed by atoms with Crippen LogP contribution in [0, 0.1) is 0 Å². The maximum Gasteiger partial charge on any atom is 0.0498 e. The molecule has 1 aliphatic heterocycles. The lowest BCUT2D eigenvalue weighted by Crippen LogP contribution is -2.14. The van der Waals surface area contributed by atoms with Crippen LogP contribution in [0.5, 0.6) is 0 Å². The van der Waals surface area contributed by atoms with Gasteiger partial charge in [0.1, 0.15) is 0 Å². The van der Waals surface area contributed by atoms with E-state index in [-0.39, 0.29) is 0 Å². The predicted octanol–water partition coefficient (Wildman–Crippen LogP) is 3.96. The van der Waals surface area contributed by atoms with Gasteiger partial charge in [-0.15, -0.1) is 0 Å². The van der Waals surface area contributed by atoms with E-state index in [1.807, 2.05) is 6.20 Å². The summed E-state index contributed by atoms with van der Waals surface area (Å²) in [5.74, 6) is 0. The fourth-order valence-electron chi connectivity index (χ4n) is 3.68. The SMILES string of the molecule is c1cc2c3c(c(-c4ccc5[nH]ccc5c4)[nH]c3c1)CCNC2. The predicted molar refractivity (Wildman–Crippen MR) is 91.0 cm³/mol. The Morgan fingerprint density at radius 1 is 0.955 bits per heavy atom. The second kappa shape index (κ2) is 4.49. The van der Waals surface area contributed by atoms with Crippen LogP contribution in [0.4, 0.5) is 0 Å². The third kappa shape index (κ3) is 1.66. The van der Waals surface area contributed by atoms with E-state index in [0.29, 0.717) is 0 Å². The van der Waals surface area contributed by atoms with Crippen molar-refractivity contribution in [2.45, 2.75) is 13.0 Å². The van der Waals surface area contributed by atoms with Crippen LogP contribution in [-0.2, 0) is 13.0 Å². The molecule has 0 aliphatic carbocycles. The highest BCUT2D eigenvalue weighted by molar-refractivity contribution is 5.95. The highest BCUT2D eigenvalue weighted by Gasteiger charge is 2.18. The summed E-state index contributed by atoms with van der Waals surface area (Å²) in [5, 5.41) is 6.20. The highest BCUT2D eigenvalue weighted by Crippen LogP contribution is 2.34. The summed E-state index contributed by atoms with van der Waals surface area (Å²) in [6, 6.07) is 15.3. The molecule has 0 spiro atoms. The summed E-state index contributed by atoms with van der Waals surface area (Å²) in [7, 11) is 0. The van der Waals surface area contributed by atoms with Gasteiger partial charge in [0.05, 0.1) is 0 Å². The Kier molecular flexibility index (Phi) is 2.46. The maximum atomic E-state index is 3.66. The first-order chi connectivity index (χ1) is 10.9. The Morgan fingerprint density at radius 2 is 1.95 bits per heavy atom. The Morgan fingerprint density at radius 3 is 2.95 bits per heavy atom. The van der Waals surface area contributed by atoms with Gasteiger partial charge in [-0.05, 0) is 53.9 Å². The molecular weight excluding hydrogens is 270 g/mol. The van der Waals surface area contributed by atoms with Crippen LogP contribution in [0.3, 0.4) is 0 Å². The van der Waals surface area contributed by atoms with Gasteiger partial charge in [-0.25, -0.2) is 0 Å². The summed E-state index contributed by atoms with van der Waals surface area (Å²) < 4.78 is 0. The molecule has 3 N–H and O–H groups in total. The number of nitrogens with one attached hydrogen (secondary N) is 3. The van der Waals surface area contributed by atoms with Crippen LogP contribution in [0.25, 0.3) is 33.1 Å². The number of H-pyrrole nitrogens is 2. The minimum atomic E-state index is 0.957. The number of aromatic nitrogens is 2. The van der Waals surface area contributed by atoms with E-state index in [2.05, 4.69) is 57.7 Å². The molecule has 1 aliphatic rings. The summed E-state index contributed by atoms with van der Waals surface area (Å²) >= 11 is 0. The van der Waals surface area contributed by atoms with Crippen LogP contribution in [-0.4, -0.2) is 16.5 Å². The second-order valence-electron chi connectivity index (χ2n) is 6.02. The van der Waals surface area contributed by atoms with Gasteiger partial charge in [0.25, 0.3) is 0 Å². The lowest BCUT2D eigenvalue weighted by atomic mass is 10.00. The van der Waals surface area contributed by atoms with Crippen molar-refractivity contribution in [1.82, 2.24) is 15.3 Å². The lowest BCUT2D eigenvalue weighted by Gasteiger charge is -2.04. The van der Waals surface area contributed by atoms with Crippen molar-refractivity contribution < 1.29 is 0 Å². The van der Waals surface area contributed by atoms with E-state index in [1.54, 1.807) is 0 Å². The largest absolute Gasteiger partial charge is 0.361 e. The number of benzene rings is 2. The molecule has 2 aromatic heterocycles. The second-order valence-corrected chi connectivity index (χ2v) is 6.02. The molecule has 0 atom stereocenters. The summed E-state index contributed by atoms with van der Waals surface area (Å²) in [4.78, 5) is 6.92. The van der Waals surface area contributed by atoms with Crippen molar-refractivity contribution in [3.8, 4) is 11.3 Å². The normalized spacial score (nSPS) is 14.5. The van der Waals surface area contributed by atoms with Crippen molar-refractivity contribution in [3.05, 3.63) is 59.8 Å². The fourth-order valence-corrected chi connectivity index (χ4v) is 3.68. The van der Waals surface area contributed by atoms with Gasteiger partial charge < -0.3 is 15.3 Å². The fraction of sp³-hybridized carbons (Fsp3) is 0.158. The van der Waals surface area contributed by atoms with Crippen LogP contribution in [0.1, 0.15) is 11.1 Å². The number of fused-ring (bicyclic) bond motifs is 1. The quantitative estimate of drug-likeness (QED) is 0.487. The number of hydrogen-bond acceptors (Lipinski definition) is 1. The first-order valence-corrected chi connectivity index (χ1v) is 7.81. The van der Waals surface area contributed by atoms with Crippen LogP contribution >= 0.6 is 0 Å². The Bertz CT molecular complexity index is 990. The van der Waals surface area contributed by atoms with Gasteiger partial charge in [0.15, 0.2) is 0 Å².